The van der Waals surface area contributed by atoms with E-state index in [9.17, 15) is 14.7 Å². The number of carboxylic acids is 1. The van der Waals surface area contributed by atoms with Crippen molar-refractivity contribution in [3.8, 4) is 5.75 Å². The molecule has 0 spiro atoms. The summed E-state index contributed by atoms with van der Waals surface area (Å²) in [4.78, 5) is 23.1. The molecule has 21 heavy (non-hydrogen) atoms. The average molecular weight is 287 g/mol. The summed E-state index contributed by atoms with van der Waals surface area (Å²) in [5.41, 5.74) is -0.933. The molecule has 3 N–H and O–H groups in total. The van der Waals surface area contributed by atoms with Crippen LogP contribution in [0.15, 0.2) is 36.4 Å². The minimum Gasteiger partial charge on any atom is -0.506 e. The summed E-state index contributed by atoms with van der Waals surface area (Å²) in [6.45, 7) is 3.03. The fraction of sp³-hybridized carbons (Fsp3) is 0.250. The molecule has 0 bridgehead atoms. The third-order valence-corrected chi connectivity index (χ3v) is 3.42. The van der Waals surface area contributed by atoms with E-state index in [-0.39, 0.29) is 17.9 Å². The van der Waals surface area contributed by atoms with Gasteiger partial charge in [-0.3, -0.25) is 9.59 Å². The van der Waals surface area contributed by atoms with Crippen LogP contribution in [-0.2, 0) is 4.79 Å². The van der Waals surface area contributed by atoms with Crippen LogP contribution in [0.5, 0.6) is 5.75 Å². The van der Waals surface area contributed by atoms with Crippen molar-refractivity contribution in [3.05, 3.63) is 42.0 Å². The van der Waals surface area contributed by atoms with Gasteiger partial charge in [0.2, 0.25) is 0 Å². The maximum Gasteiger partial charge on any atom is 0.310 e. The van der Waals surface area contributed by atoms with Gasteiger partial charge in [-0.25, -0.2) is 0 Å². The fourth-order valence-electron chi connectivity index (χ4n) is 1.91. The Hall–Kier alpha value is -2.56. The lowest BCUT2D eigenvalue weighted by Gasteiger charge is -2.19. The predicted molar refractivity (Wildman–Crippen MR) is 79.4 cm³/mol. The van der Waals surface area contributed by atoms with Crippen molar-refractivity contribution < 1.29 is 19.8 Å². The number of benzene rings is 2. The topological polar surface area (TPSA) is 86.6 Å². The Morgan fingerprint density at radius 1 is 1.14 bits per heavy atom. The van der Waals surface area contributed by atoms with Crippen molar-refractivity contribution in [2.45, 2.75) is 13.8 Å². The number of carbonyl (C=O) groups excluding carboxylic acids is 1. The molecule has 0 radical (unpaired) electrons. The van der Waals surface area contributed by atoms with Crippen molar-refractivity contribution in [1.29, 1.82) is 0 Å². The van der Waals surface area contributed by atoms with E-state index in [0.717, 1.165) is 5.39 Å². The van der Waals surface area contributed by atoms with E-state index in [1.165, 1.54) is 19.9 Å². The SMILES string of the molecule is CC(C)(CNC(=O)c1ccc2ccccc2c1O)C(=O)O. The molecule has 0 atom stereocenters. The molecule has 1 amide bonds. The van der Waals surface area contributed by atoms with E-state index in [2.05, 4.69) is 5.32 Å². The smallest absolute Gasteiger partial charge is 0.310 e. The number of aromatic hydroxyl groups is 1. The normalized spacial score (nSPS) is 11.3. The molecule has 2 rings (SSSR count). The third kappa shape index (κ3) is 2.97. The third-order valence-electron chi connectivity index (χ3n) is 3.42. The first-order chi connectivity index (χ1) is 9.83. The largest absolute Gasteiger partial charge is 0.506 e. The summed E-state index contributed by atoms with van der Waals surface area (Å²) in [6, 6.07) is 10.5. The highest BCUT2D eigenvalue weighted by Gasteiger charge is 2.28. The number of fused-ring (bicyclic) bond motifs is 1. The van der Waals surface area contributed by atoms with Gasteiger partial charge in [0.25, 0.3) is 5.91 Å². The summed E-state index contributed by atoms with van der Waals surface area (Å²) in [5.74, 6) is -1.59. The van der Waals surface area contributed by atoms with Crippen molar-refractivity contribution in [1.82, 2.24) is 5.32 Å². The van der Waals surface area contributed by atoms with Crippen LogP contribution >= 0.6 is 0 Å². The second-order valence-corrected chi connectivity index (χ2v) is 5.55. The summed E-state index contributed by atoms with van der Waals surface area (Å²) in [7, 11) is 0. The van der Waals surface area contributed by atoms with Crippen molar-refractivity contribution in [3.63, 3.8) is 0 Å². The predicted octanol–water partition coefficient (Wildman–Crippen LogP) is 2.39. The Balaban J connectivity index is 2.24. The molecule has 0 fully saturated rings. The van der Waals surface area contributed by atoms with Crippen LogP contribution in [0.3, 0.4) is 0 Å². The molecule has 110 valence electrons. The first-order valence-corrected chi connectivity index (χ1v) is 6.55. The fourth-order valence-corrected chi connectivity index (χ4v) is 1.91. The van der Waals surface area contributed by atoms with E-state index in [0.29, 0.717) is 5.39 Å². The molecule has 0 aliphatic carbocycles. The molecule has 2 aromatic carbocycles. The maximum absolute atomic E-state index is 12.1. The standard InChI is InChI=1S/C16H17NO4/c1-16(2,15(20)21)9-17-14(19)12-8-7-10-5-3-4-6-11(10)13(12)18/h3-8,18H,9H2,1-2H3,(H,17,19)(H,20,21). The summed E-state index contributed by atoms with van der Waals surface area (Å²) in [5, 5.41) is 23.2. The lowest BCUT2D eigenvalue weighted by Crippen LogP contribution is -2.38. The highest BCUT2D eigenvalue weighted by molar-refractivity contribution is 6.03. The number of carboxylic acid groups (broad SMARTS) is 1. The van der Waals surface area contributed by atoms with E-state index >= 15 is 0 Å². The molecule has 0 saturated carbocycles. The summed E-state index contributed by atoms with van der Waals surface area (Å²) in [6.07, 6.45) is 0. The molecule has 0 unspecified atom stereocenters. The van der Waals surface area contributed by atoms with Crippen LogP contribution in [0.4, 0.5) is 0 Å². The Morgan fingerprint density at radius 2 is 1.81 bits per heavy atom. The van der Waals surface area contributed by atoms with Crippen LogP contribution in [0, 0.1) is 5.41 Å². The van der Waals surface area contributed by atoms with Gasteiger partial charge in [-0.1, -0.05) is 30.3 Å². The van der Waals surface area contributed by atoms with Gasteiger partial charge in [0.15, 0.2) is 0 Å². The lowest BCUT2D eigenvalue weighted by molar-refractivity contribution is -0.146. The molecule has 5 heteroatoms. The molecule has 0 saturated heterocycles. The number of nitrogens with one attached hydrogen (secondary N) is 1. The van der Waals surface area contributed by atoms with E-state index in [1.54, 1.807) is 18.2 Å². The number of carbonyl (C=O) groups is 2. The van der Waals surface area contributed by atoms with Crippen LogP contribution in [-0.4, -0.2) is 28.6 Å². The number of hydrogen-bond acceptors (Lipinski definition) is 3. The number of amides is 1. The molecule has 0 aliphatic heterocycles. The molecular formula is C16H17NO4. The average Bonchev–Trinajstić information content (AvgIpc) is 2.45. The van der Waals surface area contributed by atoms with Crippen LogP contribution < -0.4 is 5.32 Å². The quantitative estimate of drug-likeness (QED) is 0.805. The van der Waals surface area contributed by atoms with Crippen LogP contribution in [0.1, 0.15) is 24.2 Å². The van der Waals surface area contributed by atoms with Crippen molar-refractivity contribution in [2.75, 3.05) is 6.54 Å². The number of rotatable bonds is 4. The van der Waals surface area contributed by atoms with Gasteiger partial charge in [-0.15, -0.1) is 0 Å². The van der Waals surface area contributed by atoms with E-state index in [1.807, 2.05) is 12.1 Å². The zero-order valence-electron chi connectivity index (χ0n) is 11.9. The number of phenolic OH excluding ortho intramolecular Hbond substituents is 1. The summed E-state index contributed by atoms with van der Waals surface area (Å²) < 4.78 is 0. The molecule has 5 nitrogen and oxygen atoms in total. The van der Waals surface area contributed by atoms with Gasteiger partial charge in [-0.05, 0) is 25.3 Å². The number of hydrogen-bond donors (Lipinski definition) is 3. The van der Waals surface area contributed by atoms with Crippen molar-refractivity contribution >= 4 is 22.6 Å². The zero-order chi connectivity index (χ0) is 15.6. The lowest BCUT2D eigenvalue weighted by atomic mass is 9.93. The number of phenols is 1. The number of aliphatic carboxylic acids is 1. The second kappa shape index (κ2) is 5.44. The van der Waals surface area contributed by atoms with Crippen LogP contribution in [0.25, 0.3) is 10.8 Å². The van der Waals surface area contributed by atoms with Crippen LogP contribution in [0.2, 0.25) is 0 Å². The van der Waals surface area contributed by atoms with Gasteiger partial charge in [0.05, 0.1) is 11.0 Å². The van der Waals surface area contributed by atoms with Gasteiger partial charge in [-0.2, -0.15) is 0 Å². The molecule has 0 aromatic heterocycles. The summed E-state index contributed by atoms with van der Waals surface area (Å²) >= 11 is 0. The molecule has 0 heterocycles. The molecule has 0 aliphatic rings. The maximum atomic E-state index is 12.1. The Labute approximate surface area is 122 Å². The Bertz CT molecular complexity index is 706. The van der Waals surface area contributed by atoms with Gasteiger partial charge in [0, 0.05) is 11.9 Å². The highest BCUT2D eigenvalue weighted by Crippen LogP contribution is 2.28. The first kappa shape index (κ1) is 14.8. The Kier molecular flexibility index (Phi) is 3.84. The van der Waals surface area contributed by atoms with E-state index < -0.39 is 17.3 Å². The first-order valence-electron chi connectivity index (χ1n) is 6.55. The van der Waals surface area contributed by atoms with Gasteiger partial charge >= 0.3 is 5.97 Å². The molecule has 2 aromatic rings. The highest BCUT2D eigenvalue weighted by atomic mass is 16.4. The van der Waals surface area contributed by atoms with E-state index in [4.69, 9.17) is 5.11 Å². The Morgan fingerprint density at radius 3 is 2.48 bits per heavy atom. The minimum absolute atomic E-state index is 0.0204. The zero-order valence-corrected chi connectivity index (χ0v) is 11.9. The van der Waals surface area contributed by atoms with Crippen molar-refractivity contribution in [2.24, 2.45) is 5.41 Å². The van der Waals surface area contributed by atoms with Gasteiger partial charge < -0.3 is 15.5 Å². The monoisotopic (exact) mass is 287 g/mol. The minimum atomic E-state index is -1.07. The molecular weight excluding hydrogens is 270 g/mol. The van der Waals surface area contributed by atoms with Gasteiger partial charge in [0.1, 0.15) is 5.75 Å². The second-order valence-electron chi connectivity index (χ2n) is 5.55.